The van der Waals surface area contributed by atoms with Crippen LogP contribution in [-0.2, 0) is 23.8 Å². The Balaban J connectivity index is 1.89. The predicted octanol–water partition coefficient (Wildman–Crippen LogP) is 2.97. The fourth-order valence-electron chi connectivity index (χ4n) is 3.57. The highest BCUT2D eigenvalue weighted by atomic mass is 32.2. The van der Waals surface area contributed by atoms with Crippen LogP contribution in [0.4, 0.5) is 0 Å². The Hall–Kier alpha value is -0.750. The highest BCUT2D eigenvalue weighted by Crippen LogP contribution is 2.38. The van der Waals surface area contributed by atoms with Gasteiger partial charge in [-0.15, -0.1) is 11.8 Å². The van der Waals surface area contributed by atoms with E-state index in [1.807, 2.05) is 0 Å². The average Bonchev–Trinajstić information content (AvgIpc) is 2.86. The van der Waals surface area contributed by atoms with E-state index in [1.54, 1.807) is 0 Å². The summed E-state index contributed by atoms with van der Waals surface area (Å²) in [5.74, 6) is 1.17. The lowest BCUT2D eigenvalue weighted by Crippen LogP contribution is -2.39. The molecule has 1 heterocycles. The fourth-order valence-corrected chi connectivity index (χ4v) is 4.45. The Kier molecular flexibility index (Phi) is 6.15. The van der Waals surface area contributed by atoms with Crippen molar-refractivity contribution < 1.29 is 23.8 Å². The highest BCUT2D eigenvalue weighted by Gasteiger charge is 2.39. The third-order valence-electron chi connectivity index (χ3n) is 4.42. The van der Waals surface area contributed by atoms with Crippen LogP contribution in [0.5, 0.6) is 0 Å². The molecule has 0 N–H and O–H groups in total. The summed E-state index contributed by atoms with van der Waals surface area (Å²) in [4.78, 5) is 23.2. The van der Waals surface area contributed by atoms with E-state index >= 15 is 0 Å². The topological polar surface area (TPSA) is 61.8 Å². The minimum atomic E-state index is -0.686. The maximum absolute atomic E-state index is 12.3. The van der Waals surface area contributed by atoms with Gasteiger partial charge in [0.15, 0.2) is 0 Å². The largest absolute Gasteiger partial charge is 0.459 e. The number of hydrogen-bond acceptors (Lipinski definition) is 6. The van der Waals surface area contributed by atoms with Crippen molar-refractivity contribution in [3.8, 4) is 0 Å². The number of carbonyl (C=O) groups excluding carboxylic acids is 2. The molecule has 22 heavy (non-hydrogen) atoms. The van der Waals surface area contributed by atoms with Gasteiger partial charge in [0.05, 0.1) is 5.75 Å². The van der Waals surface area contributed by atoms with E-state index in [1.165, 1.54) is 25.1 Å². The monoisotopic (exact) mass is 330 g/mol. The lowest BCUT2D eigenvalue weighted by Gasteiger charge is -2.38. The molecule has 2 rings (SSSR count). The summed E-state index contributed by atoms with van der Waals surface area (Å²) >= 11 is 1.33. The number of ether oxygens (including phenoxy) is 3. The first-order valence-electron chi connectivity index (χ1n) is 8.03. The third-order valence-corrected chi connectivity index (χ3v) is 5.49. The summed E-state index contributed by atoms with van der Waals surface area (Å²) in [5.41, 5.74) is -0.686. The van der Waals surface area contributed by atoms with Crippen LogP contribution < -0.4 is 0 Å². The van der Waals surface area contributed by atoms with Gasteiger partial charge in [-0.05, 0) is 24.7 Å². The molecule has 0 aromatic heterocycles. The van der Waals surface area contributed by atoms with Crippen LogP contribution >= 0.6 is 11.8 Å². The Labute approximate surface area is 136 Å². The Bertz CT molecular complexity index is 411. The van der Waals surface area contributed by atoms with Crippen molar-refractivity contribution in [2.75, 3.05) is 5.75 Å². The maximum Gasteiger partial charge on any atom is 0.346 e. The molecule has 0 aromatic rings. The number of carbonyl (C=O) groups is 2. The van der Waals surface area contributed by atoms with E-state index in [9.17, 15) is 9.59 Å². The molecular weight excluding hydrogens is 304 g/mol. The van der Waals surface area contributed by atoms with Crippen molar-refractivity contribution in [2.45, 2.75) is 64.8 Å². The second kappa shape index (κ2) is 7.68. The first-order valence-corrected chi connectivity index (χ1v) is 9.08. The zero-order chi connectivity index (χ0) is 16.3. The van der Waals surface area contributed by atoms with E-state index in [2.05, 4.69) is 20.8 Å². The number of hydrogen-bond donors (Lipinski definition) is 0. The van der Waals surface area contributed by atoms with E-state index in [4.69, 9.17) is 14.2 Å². The summed E-state index contributed by atoms with van der Waals surface area (Å²) in [7, 11) is 0. The van der Waals surface area contributed by atoms with Crippen LogP contribution in [0.25, 0.3) is 0 Å². The normalized spacial score (nSPS) is 35.4. The van der Waals surface area contributed by atoms with Gasteiger partial charge in [-0.25, -0.2) is 4.79 Å². The van der Waals surface area contributed by atoms with Gasteiger partial charge < -0.3 is 14.2 Å². The van der Waals surface area contributed by atoms with Crippen LogP contribution in [0.1, 0.15) is 47.0 Å². The van der Waals surface area contributed by atoms with E-state index < -0.39 is 17.7 Å². The molecule has 5 nitrogen and oxygen atoms in total. The Morgan fingerprint density at radius 3 is 2.59 bits per heavy atom. The zero-order valence-electron chi connectivity index (χ0n) is 13.7. The third kappa shape index (κ3) is 4.38. The first kappa shape index (κ1) is 17.6. The molecule has 2 fully saturated rings. The quantitative estimate of drug-likeness (QED) is 0.739. The molecule has 0 radical (unpaired) electrons. The Morgan fingerprint density at radius 2 is 1.95 bits per heavy atom. The first-order chi connectivity index (χ1) is 10.4. The SMILES string of the molecule is CC(=O)O[C@@H]1CSC(C(=O)OC2CCC[C@@H](C)[C@H]2C(C)C)O1. The molecule has 5 atom stereocenters. The summed E-state index contributed by atoms with van der Waals surface area (Å²) < 4.78 is 16.2. The predicted molar refractivity (Wildman–Crippen MR) is 84.1 cm³/mol. The van der Waals surface area contributed by atoms with Gasteiger partial charge >= 0.3 is 11.9 Å². The van der Waals surface area contributed by atoms with Crippen molar-refractivity contribution >= 4 is 23.7 Å². The lowest BCUT2D eigenvalue weighted by atomic mass is 9.72. The summed E-state index contributed by atoms with van der Waals surface area (Å²) in [5, 5.41) is 0. The Morgan fingerprint density at radius 1 is 1.23 bits per heavy atom. The molecule has 0 bridgehead atoms. The van der Waals surface area contributed by atoms with Crippen LogP contribution in [0.2, 0.25) is 0 Å². The minimum absolute atomic E-state index is 0.0341. The molecule has 0 spiro atoms. The molecule has 126 valence electrons. The van der Waals surface area contributed by atoms with Crippen LogP contribution in [-0.4, -0.2) is 35.5 Å². The van der Waals surface area contributed by atoms with Crippen LogP contribution in [0.15, 0.2) is 0 Å². The van der Waals surface area contributed by atoms with Gasteiger partial charge in [0, 0.05) is 12.8 Å². The van der Waals surface area contributed by atoms with Gasteiger partial charge in [-0.2, -0.15) is 0 Å². The second-order valence-corrected chi connectivity index (χ2v) is 7.64. The summed E-state index contributed by atoms with van der Waals surface area (Å²) in [6.07, 6.45) is 2.53. The average molecular weight is 330 g/mol. The minimum Gasteiger partial charge on any atom is -0.459 e. The molecular formula is C16H26O5S. The molecule has 6 heteroatoms. The van der Waals surface area contributed by atoms with Crippen molar-refractivity contribution in [1.29, 1.82) is 0 Å². The van der Waals surface area contributed by atoms with Crippen LogP contribution in [0, 0.1) is 17.8 Å². The molecule has 1 aliphatic carbocycles. The van der Waals surface area contributed by atoms with Gasteiger partial charge in [0.2, 0.25) is 11.7 Å². The maximum atomic E-state index is 12.3. The van der Waals surface area contributed by atoms with Gasteiger partial charge in [-0.1, -0.05) is 27.2 Å². The van der Waals surface area contributed by atoms with Gasteiger partial charge in [-0.3, -0.25) is 4.79 Å². The van der Waals surface area contributed by atoms with Gasteiger partial charge in [0.1, 0.15) is 6.10 Å². The smallest absolute Gasteiger partial charge is 0.346 e. The summed E-state index contributed by atoms with van der Waals surface area (Å²) in [6.45, 7) is 7.94. The molecule has 1 saturated carbocycles. The van der Waals surface area contributed by atoms with Crippen LogP contribution in [0.3, 0.4) is 0 Å². The second-order valence-electron chi connectivity index (χ2n) is 6.55. The van der Waals surface area contributed by atoms with Crippen molar-refractivity contribution in [3.63, 3.8) is 0 Å². The van der Waals surface area contributed by atoms with Crippen molar-refractivity contribution in [3.05, 3.63) is 0 Å². The number of thioether (sulfide) groups is 1. The molecule has 1 aliphatic heterocycles. The van der Waals surface area contributed by atoms with Crippen molar-refractivity contribution in [2.24, 2.45) is 17.8 Å². The van der Waals surface area contributed by atoms with E-state index in [0.29, 0.717) is 23.5 Å². The number of esters is 2. The molecule has 2 aliphatic rings. The molecule has 1 saturated heterocycles. The molecule has 0 aromatic carbocycles. The molecule has 2 unspecified atom stereocenters. The molecule has 0 amide bonds. The van der Waals surface area contributed by atoms with E-state index in [-0.39, 0.29) is 12.1 Å². The lowest BCUT2D eigenvalue weighted by molar-refractivity contribution is -0.185. The highest BCUT2D eigenvalue weighted by molar-refractivity contribution is 8.00. The fraction of sp³-hybridized carbons (Fsp3) is 0.875. The van der Waals surface area contributed by atoms with E-state index in [0.717, 1.165) is 12.8 Å². The van der Waals surface area contributed by atoms with Gasteiger partial charge in [0.25, 0.3) is 0 Å². The zero-order valence-corrected chi connectivity index (χ0v) is 14.6. The van der Waals surface area contributed by atoms with Crippen molar-refractivity contribution in [1.82, 2.24) is 0 Å². The standard InChI is InChI=1S/C16H26O5S/c1-9(2)14-10(3)6-5-7-12(14)20-15(18)16-21-13(8-22-16)19-11(4)17/h9-10,12-14,16H,5-8H2,1-4H3/t10-,12?,13+,14-,16?/m1/s1. The summed E-state index contributed by atoms with van der Waals surface area (Å²) in [6, 6.07) is 0. The number of rotatable bonds is 4.